The number of amides is 1. The maximum atomic E-state index is 12.1. The quantitative estimate of drug-likeness (QED) is 0.306. The summed E-state index contributed by atoms with van der Waals surface area (Å²) in [5, 5.41) is 5.23. The minimum Gasteiger partial charge on any atom is -0.484 e. The molecule has 162 valence electrons. The molecule has 0 atom stereocenters. The number of carbonyl (C=O) groups excluding carboxylic acids is 1. The van der Waals surface area contributed by atoms with Crippen molar-refractivity contribution in [3.63, 3.8) is 0 Å². The van der Waals surface area contributed by atoms with Crippen LogP contribution < -0.4 is 10.2 Å². The highest BCUT2D eigenvalue weighted by Crippen LogP contribution is 2.21. The van der Waals surface area contributed by atoms with Crippen molar-refractivity contribution in [1.29, 1.82) is 0 Å². The molecule has 5 heteroatoms. The monoisotopic (exact) mass is 425 g/mol. The topological polar surface area (TPSA) is 55.6 Å². The van der Waals surface area contributed by atoms with Gasteiger partial charge < -0.3 is 9.30 Å². The number of aromatic nitrogens is 1. The Morgan fingerprint density at radius 3 is 2.47 bits per heavy atom. The Labute approximate surface area is 188 Å². The molecule has 1 N–H and O–H groups in total. The Bertz CT molecular complexity index is 1210. The molecule has 5 nitrogen and oxygen atoms in total. The molecular formula is C27H27N3O2. The van der Waals surface area contributed by atoms with Crippen LogP contribution in [0.5, 0.6) is 5.75 Å². The van der Waals surface area contributed by atoms with E-state index in [4.69, 9.17) is 4.74 Å². The van der Waals surface area contributed by atoms with Crippen LogP contribution in [0, 0.1) is 0 Å². The summed E-state index contributed by atoms with van der Waals surface area (Å²) in [6, 6.07) is 26.3. The first-order chi connectivity index (χ1) is 15.6. The van der Waals surface area contributed by atoms with Crippen molar-refractivity contribution in [1.82, 2.24) is 9.99 Å². The first kappa shape index (κ1) is 21.4. The molecule has 32 heavy (non-hydrogen) atoms. The van der Waals surface area contributed by atoms with Gasteiger partial charge in [0.1, 0.15) is 5.75 Å². The first-order valence-corrected chi connectivity index (χ1v) is 10.8. The van der Waals surface area contributed by atoms with E-state index in [1.165, 1.54) is 11.1 Å². The van der Waals surface area contributed by atoms with Gasteiger partial charge in [0.15, 0.2) is 6.61 Å². The van der Waals surface area contributed by atoms with Crippen LogP contribution in [-0.2, 0) is 11.3 Å². The van der Waals surface area contributed by atoms with Gasteiger partial charge in [0.05, 0.1) is 6.21 Å². The normalized spacial score (nSPS) is 11.3. The summed E-state index contributed by atoms with van der Waals surface area (Å²) in [6.07, 6.45) is 3.74. The Morgan fingerprint density at radius 1 is 1.00 bits per heavy atom. The molecule has 1 amide bonds. The fourth-order valence-electron chi connectivity index (χ4n) is 3.59. The molecule has 4 rings (SSSR count). The van der Waals surface area contributed by atoms with Crippen LogP contribution >= 0.6 is 0 Å². The maximum absolute atomic E-state index is 12.1. The summed E-state index contributed by atoms with van der Waals surface area (Å²) < 4.78 is 7.75. The minimum atomic E-state index is -0.304. The Kier molecular flexibility index (Phi) is 6.66. The molecule has 0 aliphatic heterocycles. The van der Waals surface area contributed by atoms with Gasteiger partial charge in [-0.2, -0.15) is 5.10 Å². The van der Waals surface area contributed by atoms with Gasteiger partial charge in [-0.25, -0.2) is 5.43 Å². The number of hydrogen-bond acceptors (Lipinski definition) is 3. The van der Waals surface area contributed by atoms with Crippen LogP contribution in [0.1, 0.15) is 36.5 Å². The molecule has 0 bridgehead atoms. The molecule has 0 spiro atoms. The fourth-order valence-corrected chi connectivity index (χ4v) is 3.59. The van der Waals surface area contributed by atoms with E-state index < -0.39 is 0 Å². The summed E-state index contributed by atoms with van der Waals surface area (Å²) in [4.78, 5) is 12.1. The average molecular weight is 426 g/mol. The predicted molar refractivity (Wildman–Crippen MR) is 129 cm³/mol. The molecule has 0 radical (unpaired) electrons. The van der Waals surface area contributed by atoms with E-state index in [-0.39, 0.29) is 12.5 Å². The molecule has 3 aromatic carbocycles. The highest BCUT2D eigenvalue weighted by atomic mass is 16.5. The van der Waals surface area contributed by atoms with Crippen molar-refractivity contribution in [2.24, 2.45) is 5.10 Å². The van der Waals surface area contributed by atoms with Gasteiger partial charge in [0.25, 0.3) is 5.91 Å². The molecule has 1 aromatic heterocycles. The lowest BCUT2D eigenvalue weighted by atomic mass is 10.0. The third kappa shape index (κ3) is 5.24. The van der Waals surface area contributed by atoms with Gasteiger partial charge >= 0.3 is 0 Å². The molecular weight excluding hydrogens is 398 g/mol. The van der Waals surface area contributed by atoms with Crippen molar-refractivity contribution >= 4 is 23.0 Å². The van der Waals surface area contributed by atoms with E-state index in [0.29, 0.717) is 11.7 Å². The average Bonchev–Trinajstić information content (AvgIpc) is 3.16. The van der Waals surface area contributed by atoms with E-state index >= 15 is 0 Å². The van der Waals surface area contributed by atoms with Crippen molar-refractivity contribution in [3.05, 3.63) is 102 Å². The molecule has 0 aliphatic carbocycles. The van der Waals surface area contributed by atoms with Crippen molar-refractivity contribution in [3.8, 4) is 5.75 Å². The lowest BCUT2D eigenvalue weighted by Crippen LogP contribution is -2.24. The van der Waals surface area contributed by atoms with Crippen molar-refractivity contribution in [2.75, 3.05) is 6.61 Å². The van der Waals surface area contributed by atoms with Crippen molar-refractivity contribution < 1.29 is 9.53 Å². The van der Waals surface area contributed by atoms with Gasteiger partial charge in [-0.3, -0.25) is 4.79 Å². The zero-order valence-electron chi connectivity index (χ0n) is 18.4. The largest absolute Gasteiger partial charge is 0.484 e. The van der Waals surface area contributed by atoms with Gasteiger partial charge in [-0.15, -0.1) is 0 Å². The third-order valence-electron chi connectivity index (χ3n) is 5.32. The van der Waals surface area contributed by atoms with Crippen molar-refractivity contribution in [2.45, 2.75) is 26.3 Å². The predicted octanol–water partition coefficient (Wildman–Crippen LogP) is 5.34. The minimum absolute atomic E-state index is 0.0892. The number of fused-ring (bicyclic) bond motifs is 1. The number of ether oxygens (including phenoxy) is 1. The second kappa shape index (κ2) is 9.96. The first-order valence-electron chi connectivity index (χ1n) is 10.8. The Balaban J connectivity index is 1.38. The molecule has 1 heterocycles. The van der Waals surface area contributed by atoms with Crippen LogP contribution in [0.3, 0.4) is 0 Å². The molecule has 0 fully saturated rings. The molecule has 0 aliphatic rings. The lowest BCUT2D eigenvalue weighted by molar-refractivity contribution is -0.123. The number of para-hydroxylation sites is 1. The number of nitrogens with one attached hydrogen (secondary N) is 1. The highest BCUT2D eigenvalue weighted by molar-refractivity contribution is 5.99. The molecule has 4 aromatic rings. The van der Waals surface area contributed by atoms with Gasteiger partial charge in [-0.1, -0.05) is 74.5 Å². The summed E-state index contributed by atoms with van der Waals surface area (Å²) in [6.45, 7) is 4.96. The number of hydrazone groups is 1. The van der Waals surface area contributed by atoms with Crippen LogP contribution in [0.15, 0.2) is 90.2 Å². The zero-order chi connectivity index (χ0) is 22.3. The standard InChI is InChI=1S/C27H27N3O2/c1-20(2)22-12-14-24(15-13-22)32-19-27(31)29-28-16-23-18-30(17-21-8-4-3-5-9-21)26-11-7-6-10-25(23)26/h3-16,18,20H,17,19H2,1-2H3,(H,29,31)/b28-16+. The van der Waals surface area contributed by atoms with Crippen LogP contribution in [0.2, 0.25) is 0 Å². The third-order valence-corrected chi connectivity index (χ3v) is 5.32. The number of rotatable bonds is 8. The lowest BCUT2D eigenvalue weighted by Gasteiger charge is -2.08. The number of nitrogens with zero attached hydrogens (tertiary/aromatic N) is 2. The van der Waals surface area contributed by atoms with Gasteiger partial charge in [0.2, 0.25) is 0 Å². The van der Waals surface area contributed by atoms with E-state index in [0.717, 1.165) is 23.0 Å². The van der Waals surface area contributed by atoms with Crippen LogP contribution in [0.4, 0.5) is 0 Å². The SMILES string of the molecule is CC(C)c1ccc(OCC(=O)N/N=C/c2cn(Cc3ccccc3)c3ccccc23)cc1. The van der Waals surface area contributed by atoms with E-state index in [2.05, 4.69) is 59.4 Å². The second-order valence-corrected chi connectivity index (χ2v) is 8.02. The number of hydrogen-bond donors (Lipinski definition) is 1. The molecule has 0 saturated carbocycles. The van der Waals surface area contributed by atoms with E-state index in [1.54, 1.807) is 6.21 Å². The zero-order valence-corrected chi connectivity index (χ0v) is 18.4. The van der Waals surface area contributed by atoms with E-state index in [1.807, 2.05) is 54.6 Å². The van der Waals surface area contributed by atoms with E-state index in [9.17, 15) is 4.79 Å². The number of carbonyl (C=O) groups is 1. The fraction of sp³-hybridized carbons (Fsp3) is 0.185. The number of benzene rings is 3. The summed E-state index contributed by atoms with van der Waals surface area (Å²) >= 11 is 0. The summed E-state index contributed by atoms with van der Waals surface area (Å²) in [5.41, 5.74) is 7.08. The maximum Gasteiger partial charge on any atom is 0.277 e. The Morgan fingerprint density at radius 2 is 1.72 bits per heavy atom. The van der Waals surface area contributed by atoms with Crippen LogP contribution in [-0.4, -0.2) is 23.3 Å². The van der Waals surface area contributed by atoms with Gasteiger partial charge in [0, 0.05) is 29.2 Å². The highest BCUT2D eigenvalue weighted by Gasteiger charge is 2.08. The second-order valence-electron chi connectivity index (χ2n) is 8.02. The molecule has 0 unspecified atom stereocenters. The molecule has 0 saturated heterocycles. The van der Waals surface area contributed by atoms with Crippen LogP contribution in [0.25, 0.3) is 10.9 Å². The summed E-state index contributed by atoms with van der Waals surface area (Å²) in [5.74, 6) is 0.819. The van der Waals surface area contributed by atoms with Gasteiger partial charge in [-0.05, 0) is 35.2 Å². The summed E-state index contributed by atoms with van der Waals surface area (Å²) in [7, 11) is 0. The smallest absolute Gasteiger partial charge is 0.277 e. The Hall–Kier alpha value is -3.86.